The van der Waals surface area contributed by atoms with Crippen LogP contribution in [0.25, 0.3) is 0 Å². The van der Waals surface area contributed by atoms with E-state index in [1.54, 1.807) is 0 Å². The fraction of sp³-hybridized carbons (Fsp3) is 0.435. The van der Waals surface area contributed by atoms with Crippen molar-refractivity contribution in [2.24, 2.45) is 5.73 Å². The highest BCUT2D eigenvalue weighted by molar-refractivity contribution is 15.0. The lowest BCUT2D eigenvalue weighted by atomic mass is 9.91. The van der Waals surface area contributed by atoms with Gasteiger partial charge in [-0.2, -0.15) is 0 Å². The van der Waals surface area contributed by atoms with E-state index in [4.69, 9.17) is 15.2 Å². The van der Waals surface area contributed by atoms with Gasteiger partial charge in [0.1, 0.15) is 12.2 Å². The zero-order chi connectivity index (χ0) is 22.1. The van der Waals surface area contributed by atoms with E-state index in [-0.39, 0.29) is 30.2 Å². The van der Waals surface area contributed by atoms with Crippen LogP contribution in [0, 0.1) is 0 Å². The lowest BCUT2D eigenvalue weighted by Gasteiger charge is -2.30. The maximum atomic E-state index is 11.9. The number of carbonyl (C=O) groups is 1. The number of halogens is 2. The predicted molar refractivity (Wildman–Crippen MR) is 138 cm³/mol. The molecule has 0 spiro atoms. The summed E-state index contributed by atoms with van der Waals surface area (Å²) in [6, 6.07) is 19.7. The number of rotatable bonds is 7. The van der Waals surface area contributed by atoms with Crippen molar-refractivity contribution < 1.29 is 14.3 Å². The number of nitrogens with two attached hydrogens (primary N) is 1. The second-order valence-corrected chi connectivity index (χ2v) is 7.92. The molecule has 0 saturated carbocycles. The molecule has 0 aromatic heterocycles. The van der Waals surface area contributed by atoms with Crippen LogP contribution >= 0.6 is 37.2 Å². The molecule has 1 aliphatic heterocycles. The molecular weight excluding hydrogens is 606 g/mol. The van der Waals surface area contributed by atoms with E-state index in [1.807, 2.05) is 50.2 Å². The van der Waals surface area contributed by atoms with Crippen LogP contribution in [0.1, 0.15) is 31.9 Å². The lowest BCUT2D eigenvalue weighted by Crippen LogP contribution is -2.53. The molecule has 1 fully saturated rings. The quantitative estimate of drug-likeness (QED) is 0.437. The van der Waals surface area contributed by atoms with Crippen molar-refractivity contribution in [3.63, 3.8) is 0 Å². The van der Waals surface area contributed by atoms with E-state index in [0.29, 0.717) is 12.8 Å². The van der Waals surface area contributed by atoms with Crippen LogP contribution in [-0.2, 0) is 27.1 Å². The predicted octanol–water partition coefficient (Wildman–Crippen LogP) is 4.60. The van der Waals surface area contributed by atoms with Gasteiger partial charge in [-0.1, -0.05) is 60.7 Å². The Balaban J connectivity index is 0.00000155. The maximum Gasteiger partial charge on any atom is 0.217 e. The monoisotopic (exact) mass is 636 g/mol. The highest BCUT2D eigenvalue weighted by Crippen LogP contribution is 2.33. The topological polar surface area (TPSA) is 73.6 Å². The van der Waals surface area contributed by atoms with Gasteiger partial charge < -0.3 is 20.5 Å². The fourth-order valence-corrected chi connectivity index (χ4v) is 3.84. The summed E-state index contributed by atoms with van der Waals surface area (Å²) in [5, 5.41) is 3.06. The molecule has 164 valence electrons. The molecular formula is C23H30I2N2O3. The van der Waals surface area contributed by atoms with Gasteiger partial charge >= 0.3 is 0 Å². The summed E-state index contributed by atoms with van der Waals surface area (Å²) in [6.45, 7) is 5.31. The van der Waals surface area contributed by atoms with Crippen molar-refractivity contribution in [3.8, 4) is 0 Å². The average molecular weight is 636 g/mol. The molecule has 1 aliphatic rings. The molecule has 3 rings (SSSR count). The SMILES string of the molecule is CC(=O)N[C@H](Cc1ccccc1)[C@@H]1OC(C)(C)O[C@H]1[C@H](N)Cc1ccccc1.II. The van der Waals surface area contributed by atoms with Crippen LogP contribution < -0.4 is 11.1 Å². The molecule has 0 aliphatic carbocycles. The molecule has 2 aromatic rings. The van der Waals surface area contributed by atoms with Gasteiger partial charge in [0.2, 0.25) is 5.91 Å². The maximum absolute atomic E-state index is 11.9. The smallest absolute Gasteiger partial charge is 0.217 e. The number of hydrogen-bond acceptors (Lipinski definition) is 4. The van der Waals surface area contributed by atoms with E-state index >= 15 is 0 Å². The molecule has 3 N–H and O–H groups in total. The molecule has 4 atom stereocenters. The van der Waals surface area contributed by atoms with E-state index in [2.05, 4.69) is 66.8 Å². The summed E-state index contributed by atoms with van der Waals surface area (Å²) >= 11 is 4.24. The molecule has 0 unspecified atom stereocenters. The Labute approximate surface area is 202 Å². The summed E-state index contributed by atoms with van der Waals surface area (Å²) in [4.78, 5) is 11.9. The molecule has 1 heterocycles. The first-order valence-electron chi connectivity index (χ1n) is 9.94. The zero-order valence-electron chi connectivity index (χ0n) is 17.6. The third-order valence-electron chi connectivity index (χ3n) is 4.98. The highest BCUT2D eigenvalue weighted by atomic mass is 128. The van der Waals surface area contributed by atoms with Crippen LogP contribution in [0.3, 0.4) is 0 Å². The Morgan fingerprint density at radius 3 is 1.93 bits per heavy atom. The molecule has 0 radical (unpaired) electrons. The number of ether oxygens (including phenoxy) is 2. The van der Waals surface area contributed by atoms with E-state index in [0.717, 1.165) is 11.1 Å². The van der Waals surface area contributed by atoms with Crippen molar-refractivity contribution in [1.82, 2.24) is 5.32 Å². The normalized spacial score (nSPS) is 21.8. The van der Waals surface area contributed by atoms with Gasteiger partial charge in [-0.05, 0) is 37.8 Å². The van der Waals surface area contributed by atoms with Gasteiger partial charge in [-0.3, -0.25) is 4.79 Å². The summed E-state index contributed by atoms with van der Waals surface area (Å²) in [5.41, 5.74) is 8.85. The Bertz CT molecular complexity index is 775. The first-order chi connectivity index (χ1) is 14.3. The standard InChI is InChI=1S/C23H30N2O3.I2/c1-16(26)25-20(15-18-12-8-5-9-13-18)22-21(27-23(2,3)28-22)19(24)14-17-10-6-4-7-11-17;1-2/h4-13,19-22H,14-15,24H2,1-3H3,(H,25,26);/t19-,20-,21+,22+;/m1./s1. The van der Waals surface area contributed by atoms with Crippen LogP contribution in [0.5, 0.6) is 0 Å². The van der Waals surface area contributed by atoms with Gasteiger partial charge in [0, 0.05) is 50.2 Å². The van der Waals surface area contributed by atoms with Crippen molar-refractivity contribution in [3.05, 3.63) is 71.8 Å². The molecule has 0 bridgehead atoms. The van der Waals surface area contributed by atoms with Crippen molar-refractivity contribution in [2.75, 3.05) is 0 Å². The van der Waals surface area contributed by atoms with Crippen LogP contribution in [0.15, 0.2) is 60.7 Å². The van der Waals surface area contributed by atoms with Gasteiger partial charge in [-0.15, -0.1) is 0 Å². The van der Waals surface area contributed by atoms with Gasteiger partial charge in [-0.25, -0.2) is 0 Å². The highest BCUT2D eigenvalue weighted by Gasteiger charge is 2.47. The van der Waals surface area contributed by atoms with Gasteiger partial charge in [0.05, 0.1) is 6.04 Å². The molecule has 1 saturated heterocycles. The first kappa shape index (κ1) is 25.5. The van der Waals surface area contributed by atoms with Crippen LogP contribution in [0.4, 0.5) is 0 Å². The third kappa shape index (κ3) is 7.74. The van der Waals surface area contributed by atoms with Crippen LogP contribution in [-0.4, -0.2) is 36.0 Å². The minimum absolute atomic E-state index is 0.0929. The molecule has 30 heavy (non-hydrogen) atoms. The fourth-order valence-electron chi connectivity index (χ4n) is 3.84. The first-order valence-corrected chi connectivity index (χ1v) is 16.2. The van der Waals surface area contributed by atoms with Gasteiger partial charge in [0.25, 0.3) is 0 Å². The number of benzene rings is 2. The van der Waals surface area contributed by atoms with Gasteiger partial charge in [0.15, 0.2) is 5.79 Å². The van der Waals surface area contributed by atoms with Crippen molar-refractivity contribution >= 4 is 43.1 Å². The minimum atomic E-state index is -0.753. The summed E-state index contributed by atoms with van der Waals surface area (Å²) in [6.07, 6.45) is 0.673. The Kier molecular flexibility index (Phi) is 10.5. The second kappa shape index (κ2) is 12.3. The van der Waals surface area contributed by atoms with Crippen molar-refractivity contribution in [1.29, 1.82) is 0 Å². The Morgan fingerprint density at radius 2 is 1.43 bits per heavy atom. The molecule has 1 amide bonds. The largest absolute Gasteiger partial charge is 0.351 e. The summed E-state index contributed by atoms with van der Waals surface area (Å²) < 4.78 is 12.4. The molecule has 7 heteroatoms. The number of nitrogens with one attached hydrogen (secondary N) is 1. The van der Waals surface area contributed by atoms with E-state index < -0.39 is 5.79 Å². The Morgan fingerprint density at radius 1 is 0.967 bits per heavy atom. The number of amides is 1. The van der Waals surface area contributed by atoms with Crippen molar-refractivity contribution in [2.45, 2.75) is 63.7 Å². The Hall–Kier alpha value is -0.750. The third-order valence-corrected chi connectivity index (χ3v) is 4.98. The zero-order valence-corrected chi connectivity index (χ0v) is 21.9. The number of carbonyl (C=O) groups excluding carboxylic acids is 1. The second-order valence-electron chi connectivity index (χ2n) is 7.92. The lowest BCUT2D eigenvalue weighted by molar-refractivity contribution is -0.150. The van der Waals surface area contributed by atoms with E-state index in [1.165, 1.54) is 6.92 Å². The number of hydrogen-bond donors (Lipinski definition) is 2. The summed E-state index contributed by atoms with van der Waals surface area (Å²) in [5.74, 6) is -0.846. The average Bonchev–Trinajstić information content (AvgIpc) is 3.06. The molecule has 5 nitrogen and oxygen atoms in total. The van der Waals surface area contributed by atoms with Crippen LogP contribution in [0.2, 0.25) is 0 Å². The summed E-state index contributed by atoms with van der Waals surface area (Å²) in [7, 11) is 0. The van der Waals surface area contributed by atoms with E-state index in [9.17, 15) is 4.79 Å². The minimum Gasteiger partial charge on any atom is -0.351 e. The molecule has 2 aromatic carbocycles.